The van der Waals surface area contributed by atoms with Gasteiger partial charge in [-0.3, -0.25) is 4.79 Å². The number of carboxylic acid groups (broad SMARTS) is 2. The topological polar surface area (TPSA) is 139 Å². The zero-order chi connectivity index (χ0) is 16.6. The summed E-state index contributed by atoms with van der Waals surface area (Å²) in [5.74, 6) is -2.12. The molecule has 0 radical (unpaired) electrons. The van der Waals surface area contributed by atoms with Gasteiger partial charge in [0, 0.05) is 11.5 Å². The lowest BCUT2D eigenvalue weighted by molar-refractivity contribution is -0.139. The molecule has 5 N–H and O–H groups in total. The standard InChI is InChI=1S/C11H20N2O6S2/c1-11(2,3)19-10(18)13-7(9(16)17)5-21-20-4-6(12)8(14)15/h6-7H,4-5,12H2,1-3H3,(H,13,18)(H,14,15)(H,16,17)/t6?,7-/m1/s1. The van der Waals surface area contributed by atoms with Gasteiger partial charge in [-0.2, -0.15) is 0 Å². The van der Waals surface area contributed by atoms with Crippen LogP contribution < -0.4 is 11.1 Å². The van der Waals surface area contributed by atoms with Gasteiger partial charge in [0.15, 0.2) is 0 Å². The van der Waals surface area contributed by atoms with Crippen LogP contribution in [0.3, 0.4) is 0 Å². The molecular weight excluding hydrogens is 320 g/mol. The molecule has 21 heavy (non-hydrogen) atoms. The molecule has 0 spiro atoms. The summed E-state index contributed by atoms with van der Waals surface area (Å²) in [5, 5.41) is 19.8. The zero-order valence-electron chi connectivity index (χ0n) is 12.0. The van der Waals surface area contributed by atoms with Gasteiger partial charge in [-0.1, -0.05) is 21.6 Å². The summed E-state index contributed by atoms with van der Waals surface area (Å²) >= 11 is 0. The van der Waals surface area contributed by atoms with Gasteiger partial charge in [-0.15, -0.1) is 0 Å². The number of hydrogen-bond acceptors (Lipinski definition) is 7. The largest absolute Gasteiger partial charge is 0.480 e. The fourth-order valence-corrected chi connectivity index (χ4v) is 3.20. The summed E-state index contributed by atoms with van der Waals surface area (Å²) in [6.07, 6.45) is -0.817. The van der Waals surface area contributed by atoms with Crippen LogP contribution in [-0.4, -0.2) is 57.4 Å². The molecule has 1 unspecified atom stereocenters. The molecule has 122 valence electrons. The Bertz CT molecular complexity index is 385. The Balaban J connectivity index is 4.18. The molecular formula is C11H20N2O6S2. The third kappa shape index (κ3) is 10.3. The summed E-state index contributed by atoms with van der Waals surface area (Å²) < 4.78 is 4.97. The summed E-state index contributed by atoms with van der Waals surface area (Å²) in [6.45, 7) is 5.00. The second-order valence-electron chi connectivity index (χ2n) is 5.05. The lowest BCUT2D eigenvalue weighted by Gasteiger charge is -2.21. The van der Waals surface area contributed by atoms with Crippen molar-refractivity contribution in [1.29, 1.82) is 0 Å². The molecule has 0 fully saturated rings. The van der Waals surface area contributed by atoms with Crippen LogP contribution in [0.15, 0.2) is 0 Å². The number of ether oxygens (including phenoxy) is 1. The minimum absolute atomic E-state index is 0.0611. The number of carbonyl (C=O) groups is 3. The van der Waals surface area contributed by atoms with Crippen molar-refractivity contribution in [3.05, 3.63) is 0 Å². The maximum absolute atomic E-state index is 11.5. The Morgan fingerprint density at radius 3 is 2.10 bits per heavy atom. The van der Waals surface area contributed by atoms with E-state index in [2.05, 4.69) is 5.32 Å². The Morgan fingerprint density at radius 2 is 1.67 bits per heavy atom. The summed E-state index contributed by atoms with van der Waals surface area (Å²) in [4.78, 5) is 33.0. The molecule has 2 atom stereocenters. The van der Waals surface area contributed by atoms with Gasteiger partial charge in [0.25, 0.3) is 0 Å². The second-order valence-corrected chi connectivity index (χ2v) is 7.60. The predicted molar refractivity (Wildman–Crippen MR) is 81.3 cm³/mol. The number of alkyl carbamates (subject to hydrolysis) is 1. The van der Waals surface area contributed by atoms with Crippen LogP contribution in [0.1, 0.15) is 20.8 Å². The molecule has 8 nitrogen and oxygen atoms in total. The molecule has 0 aliphatic rings. The molecule has 1 amide bonds. The van der Waals surface area contributed by atoms with Crippen molar-refractivity contribution in [3.8, 4) is 0 Å². The highest BCUT2D eigenvalue weighted by atomic mass is 33.1. The highest BCUT2D eigenvalue weighted by Gasteiger charge is 2.24. The molecule has 0 aliphatic carbocycles. The van der Waals surface area contributed by atoms with E-state index in [1.165, 1.54) is 0 Å². The fourth-order valence-electron chi connectivity index (χ4n) is 0.933. The Labute approximate surface area is 130 Å². The van der Waals surface area contributed by atoms with E-state index in [0.29, 0.717) is 0 Å². The van der Waals surface area contributed by atoms with Gasteiger partial charge in [0.1, 0.15) is 17.7 Å². The zero-order valence-corrected chi connectivity index (χ0v) is 13.6. The van der Waals surface area contributed by atoms with Crippen LogP contribution in [0, 0.1) is 0 Å². The second kappa shape index (κ2) is 9.00. The molecule has 0 aliphatic heterocycles. The van der Waals surface area contributed by atoms with Crippen molar-refractivity contribution in [2.45, 2.75) is 38.5 Å². The number of carboxylic acids is 2. The maximum Gasteiger partial charge on any atom is 0.408 e. The lowest BCUT2D eigenvalue weighted by Crippen LogP contribution is -2.44. The van der Waals surface area contributed by atoms with Gasteiger partial charge in [0.05, 0.1) is 0 Å². The van der Waals surface area contributed by atoms with Crippen molar-refractivity contribution in [1.82, 2.24) is 5.32 Å². The van der Waals surface area contributed by atoms with Crippen molar-refractivity contribution >= 4 is 39.6 Å². The minimum Gasteiger partial charge on any atom is -0.480 e. The molecule has 0 aromatic carbocycles. The average Bonchev–Trinajstić information content (AvgIpc) is 2.29. The molecule has 10 heteroatoms. The predicted octanol–water partition coefficient (Wildman–Crippen LogP) is 0.758. The van der Waals surface area contributed by atoms with Crippen molar-refractivity contribution in [2.75, 3.05) is 11.5 Å². The number of rotatable bonds is 8. The molecule has 0 saturated carbocycles. The third-order valence-corrected chi connectivity index (χ3v) is 4.32. The highest BCUT2D eigenvalue weighted by Crippen LogP contribution is 2.22. The minimum atomic E-state index is -1.20. The number of nitrogens with two attached hydrogens (primary N) is 1. The van der Waals surface area contributed by atoms with Gasteiger partial charge >= 0.3 is 18.0 Å². The molecule has 0 heterocycles. The number of amides is 1. The normalized spacial score (nSPS) is 14.1. The third-order valence-electron chi connectivity index (χ3n) is 1.87. The highest BCUT2D eigenvalue weighted by molar-refractivity contribution is 8.76. The average molecular weight is 340 g/mol. The van der Waals surface area contributed by atoms with E-state index in [1.54, 1.807) is 20.8 Å². The van der Waals surface area contributed by atoms with Crippen LogP contribution in [-0.2, 0) is 14.3 Å². The first-order chi connectivity index (χ1) is 9.53. The van der Waals surface area contributed by atoms with Crippen LogP contribution in [0.2, 0.25) is 0 Å². The molecule has 0 aromatic rings. The van der Waals surface area contributed by atoms with E-state index < -0.39 is 35.7 Å². The van der Waals surface area contributed by atoms with E-state index in [4.69, 9.17) is 20.7 Å². The number of nitrogens with one attached hydrogen (secondary N) is 1. The first kappa shape index (κ1) is 19.9. The quantitative estimate of drug-likeness (QED) is 0.372. The molecule has 0 bridgehead atoms. The number of hydrogen-bond donors (Lipinski definition) is 4. The number of aliphatic carboxylic acids is 2. The number of carbonyl (C=O) groups excluding carboxylic acids is 1. The molecule has 0 rings (SSSR count). The lowest BCUT2D eigenvalue weighted by atomic mass is 10.2. The van der Waals surface area contributed by atoms with Crippen molar-refractivity contribution in [2.24, 2.45) is 5.73 Å². The fraction of sp³-hybridized carbons (Fsp3) is 0.727. The van der Waals surface area contributed by atoms with Gasteiger partial charge in [-0.05, 0) is 20.8 Å². The monoisotopic (exact) mass is 340 g/mol. The van der Waals surface area contributed by atoms with Crippen LogP contribution >= 0.6 is 21.6 Å². The van der Waals surface area contributed by atoms with E-state index in [0.717, 1.165) is 21.6 Å². The Hall–Kier alpha value is -1.13. The van der Waals surface area contributed by atoms with Crippen LogP contribution in [0.5, 0.6) is 0 Å². The first-order valence-electron chi connectivity index (χ1n) is 5.98. The van der Waals surface area contributed by atoms with E-state index in [1.807, 2.05) is 0 Å². The van der Waals surface area contributed by atoms with Crippen molar-refractivity contribution in [3.63, 3.8) is 0 Å². The Kier molecular flexibility index (Phi) is 8.52. The summed E-state index contributed by atoms with van der Waals surface area (Å²) in [7, 11) is 2.25. The van der Waals surface area contributed by atoms with E-state index >= 15 is 0 Å². The van der Waals surface area contributed by atoms with Gasteiger partial charge in [0.2, 0.25) is 0 Å². The van der Waals surface area contributed by atoms with Gasteiger partial charge < -0.3 is 26.0 Å². The van der Waals surface area contributed by atoms with Crippen LogP contribution in [0.4, 0.5) is 4.79 Å². The smallest absolute Gasteiger partial charge is 0.408 e. The summed E-state index contributed by atoms with van der Waals surface area (Å²) in [6, 6.07) is -2.14. The van der Waals surface area contributed by atoms with E-state index in [9.17, 15) is 14.4 Å². The van der Waals surface area contributed by atoms with Crippen LogP contribution in [0.25, 0.3) is 0 Å². The van der Waals surface area contributed by atoms with E-state index in [-0.39, 0.29) is 11.5 Å². The summed E-state index contributed by atoms with van der Waals surface area (Å²) in [5.41, 5.74) is 4.58. The van der Waals surface area contributed by atoms with Gasteiger partial charge in [-0.25, -0.2) is 9.59 Å². The molecule has 0 saturated heterocycles. The first-order valence-corrected chi connectivity index (χ1v) is 8.47. The SMILES string of the molecule is CC(C)(C)OC(=O)N[C@H](CSSCC(N)C(=O)O)C(=O)O. The van der Waals surface area contributed by atoms with Crippen molar-refractivity contribution < 1.29 is 29.3 Å². The molecule has 0 aromatic heterocycles. The Morgan fingerprint density at radius 1 is 1.14 bits per heavy atom. The maximum atomic E-state index is 11.5.